The lowest BCUT2D eigenvalue weighted by Crippen LogP contribution is -2.10. The minimum Gasteiger partial charge on any atom is -0.330 e. The summed E-state index contributed by atoms with van der Waals surface area (Å²) in [5.74, 6) is 1.12. The van der Waals surface area contributed by atoms with Gasteiger partial charge in [-0.3, -0.25) is 0 Å². The SMILES string of the molecule is CC(C)C1CC(CN)c2cccc(F)c21. The first-order valence-corrected chi connectivity index (χ1v) is 5.63. The predicted molar refractivity (Wildman–Crippen MR) is 60.4 cm³/mol. The first kappa shape index (κ1) is 10.6. The van der Waals surface area contributed by atoms with Crippen LogP contribution >= 0.6 is 0 Å². The van der Waals surface area contributed by atoms with Crippen molar-refractivity contribution in [1.82, 2.24) is 0 Å². The Bertz CT molecular complexity index is 360. The highest BCUT2D eigenvalue weighted by atomic mass is 19.1. The van der Waals surface area contributed by atoms with Gasteiger partial charge in [0.05, 0.1) is 0 Å². The summed E-state index contributed by atoms with van der Waals surface area (Å²) in [6.45, 7) is 4.93. The van der Waals surface area contributed by atoms with Crippen molar-refractivity contribution in [2.75, 3.05) is 6.54 Å². The molecule has 0 spiro atoms. The number of hydrogen-bond acceptors (Lipinski definition) is 1. The molecule has 2 heteroatoms. The van der Waals surface area contributed by atoms with Crippen molar-refractivity contribution in [2.24, 2.45) is 11.7 Å². The van der Waals surface area contributed by atoms with Crippen LogP contribution in [0.3, 0.4) is 0 Å². The lowest BCUT2D eigenvalue weighted by Gasteiger charge is -2.16. The fraction of sp³-hybridized carbons (Fsp3) is 0.538. The van der Waals surface area contributed by atoms with E-state index in [1.807, 2.05) is 6.07 Å². The van der Waals surface area contributed by atoms with Gasteiger partial charge in [0.2, 0.25) is 0 Å². The molecule has 2 rings (SSSR count). The molecule has 0 aliphatic heterocycles. The van der Waals surface area contributed by atoms with Gasteiger partial charge in [-0.1, -0.05) is 26.0 Å². The third-order valence-corrected chi connectivity index (χ3v) is 3.52. The quantitative estimate of drug-likeness (QED) is 0.792. The molecule has 2 unspecified atom stereocenters. The summed E-state index contributed by atoms with van der Waals surface area (Å²) in [4.78, 5) is 0. The smallest absolute Gasteiger partial charge is 0.126 e. The fourth-order valence-corrected chi connectivity index (χ4v) is 2.68. The molecule has 0 bridgehead atoms. The summed E-state index contributed by atoms with van der Waals surface area (Å²) < 4.78 is 13.8. The third-order valence-electron chi connectivity index (χ3n) is 3.52. The number of fused-ring (bicyclic) bond motifs is 1. The Morgan fingerprint density at radius 1 is 1.47 bits per heavy atom. The molecule has 0 radical (unpaired) electrons. The summed E-state index contributed by atoms with van der Waals surface area (Å²) in [6.07, 6.45) is 1.00. The van der Waals surface area contributed by atoms with Crippen LogP contribution < -0.4 is 5.73 Å². The van der Waals surface area contributed by atoms with Crippen molar-refractivity contribution in [2.45, 2.75) is 32.1 Å². The van der Waals surface area contributed by atoms with E-state index in [2.05, 4.69) is 13.8 Å². The third kappa shape index (κ3) is 1.67. The van der Waals surface area contributed by atoms with Gasteiger partial charge in [-0.25, -0.2) is 4.39 Å². The van der Waals surface area contributed by atoms with Crippen LogP contribution in [0.15, 0.2) is 18.2 Å². The summed E-state index contributed by atoms with van der Waals surface area (Å²) in [5, 5.41) is 0. The van der Waals surface area contributed by atoms with Crippen LogP contribution in [0.25, 0.3) is 0 Å². The van der Waals surface area contributed by atoms with E-state index in [4.69, 9.17) is 5.73 Å². The van der Waals surface area contributed by atoms with Crippen LogP contribution in [-0.2, 0) is 0 Å². The summed E-state index contributed by atoms with van der Waals surface area (Å²) >= 11 is 0. The van der Waals surface area contributed by atoms with E-state index in [0.717, 1.165) is 17.5 Å². The Balaban J connectivity index is 2.48. The molecular formula is C13H18FN. The molecule has 2 N–H and O–H groups in total. The molecule has 0 aromatic heterocycles. The number of nitrogens with two attached hydrogens (primary N) is 1. The van der Waals surface area contributed by atoms with Crippen LogP contribution in [0, 0.1) is 11.7 Å². The van der Waals surface area contributed by atoms with Gasteiger partial charge in [0.25, 0.3) is 0 Å². The summed E-state index contributed by atoms with van der Waals surface area (Å²) in [6, 6.07) is 5.38. The maximum atomic E-state index is 13.8. The van der Waals surface area contributed by atoms with Crippen LogP contribution in [0.1, 0.15) is 43.2 Å². The normalized spacial score (nSPS) is 24.6. The maximum absolute atomic E-state index is 13.8. The van der Waals surface area contributed by atoms with E-state index < -0.39 is 0 Å². The van der Waals surface area contributed by atoms with Crippen molar-refractivity contribution in [3.63, 3.8) is 0 Å². The predicted octanol–water partition coefficient (Wildman–Crippen LogP) is 3.01. The molecule has 2 atom stereocenters. The lowest BCUT2D eigenvalue weighted by atomic mass is 9.89. The lowest BCUT2D eigenvalue weighted by molar-refractivity contribution is 0.454. The van der Waals surface area contributed by atoms with Gasteiger partial charge in [0.1, 0.15) is 5.82 Å². The highest BCUT2D eigenvalue weighted by molar-refractivity contribution is 5.40. The highest BCUT2D eigenvalue weighted by Gasteiger charge is 2.33. The Kier molecular flexibility index (Phi) is 2.79. The molecule has 0 fully saturated rings. The van der Waals surface area contributed by atoms with E-state index >= 15 is 0 Å². The molecular weight excluding hydrogens is 189 g/mol. The van der Waals surface area contributed by atoms with Gasteiger partial charge in [0, 0.05) is 0 Å². The second-order valence-corrected chi connectivity index (χ2v) is 4.76. The Labute approximate surface area is 90.5 Å². The average Bonchev–Trinajstić information content (AvgIpc) is 2.58. The first-order chi connectivity index (χ1) is 7.15. The molecule has 1 nitrogen and oxygen atoms in total. The Morgan fingerprint density at radius 3 is 2.80 bits per heavy atom. The molecule has 15 heavy (non-hydrogen) atoms. The van der Waals surface area contributed by atoms with Crippen molar-refractivity contribution in [3.05, 3.63) is 35.1 Å². The van der Waals surface area contributed by atoms with Crippen molar-refractivity contribution >= 4 is 0 Å². The van der Waals surface area contributed by atoms with Gasteiger partial charge in [-0.2, -0.15) is 0 Å². The molecule has 1 aromatic rings. The van der Waals surface area contributed by atoms with Crippen molar-refractivity contribution in [3.8, 4) is 0 Å². The molecule has 0 saturated heterocycles. The van der Waals surface area contributed by atoms with Gasteiger partial charge in [0.15, 0.2) is 0 Å². The Morgan fingerprint density at radius 2 is 2.20 bits per heavy atom. The fourth-order valence-electron chi connectivity index (χ4n) is 2.68. The van der Waals surface area contributed by atoms with Gasteiger partial charge < -0.3 is 5.73 Å². The minimum atomic E-state index is -0.0536. The molecule has 1 aromatic carbocycles. The minimum absolute atomic E-state index is 0.0536. The molecule has 0 heterocycles. The summed E-state index contributed by atoms with van der Waals surface area (Å²) in [7, 11) is 0. The van der Waals surface area contributed by atoms with E-state index in [1.165, 1.54) is 0 Å². The van der Waals surface area contributed by atoms with Crippen LogP contribution in [0.5, 0.6) is 0 Å². The molecule has 1 aliphatic rings. The van der Waals surface area contributed by atoms with Crippen molar-refractivity contribution < 1.29 is 4.39 Å². The monoisotopic (exact) mass is 207 g/mol. The Hall–Kier alpha value is -0.890. The molecule has 82 valence electrons. The van der Waals surface area contributed by atoms with E-state index in [-0.39, 0.29) is 5.82 Å². The molecule has 0 amide bonds. The second-order valence-electron chi connectivity index (χ2n) is 4.76. The molecule has 0 saturated carbocycles. The van der Waals surface area contributed by atoms with Crippen LogP contribution in [-0.4, -0.2) is 6.54 Å². The zero-order chi connectivity index (χ0) is 11.0. The highest BCUT2D eigenvalue weighted by Crippen LogP contribution is 2.45. The van der Waals surface area contributed by atoms with E-state index in [0.29, 0.717) is 24.3 Å². The van der Waals surface area contributed by atoms with E-state index in [9.17, 15) is 4.39 Å². The topological polar surface area (TPSA) is 26.0 Å². The number of benzene rings is 1. The zero-order valence-corrected chi connectivity index (χ0v) is 9.33. The van der Waals surface area contributed by atoms with Gasteiger partial charge in [-0.15, -0.1) is 0 Å². The zero-order valence-electron chi connectivity index (χ0n) is 9.33. The van der Waals surface area contributed by atoms with Crippen LogP contribution in [0.4, 0.5) is 4.39 Å². The van der Waals surface area contributed by atoms with E-state index in [1.54, 1.807) is 12.1 Å². The standard InChI is InChI=1S/C13H18FN/c1-8(2)11-6-9(7-15)10-4-3-5-12(14)13(10)11/h3-5,8-9,11H,6-7,15H2,1-2H3. The van der Waals surface area contributed by atoms with Crippen LogP contribution in [0.2, 0.25) is 0 Å². The number of halogens is 1. The maximum Gasteiger partial charge on any atom is 0.126 e. The number of hydrogen-bond donors (Lipinski definition) is 1. The van der Waals surface area contributed by atoms with Crippen molar-refractivity contribution in [1.29, 1.82) is 0 Å². The average molecular weight is 207 g/mol. The van der Waals surface area contributed by atoms with Gasteiger partial charge >= 0.3 is 0 Å². The molecule has 1 aliphatic carbocycles. The first-order valence-electron chi connectivity index (χ1n) is 5.63. The second kappa shape index (κ2) is 3.93. The number of rotatable bonds is 2. The largest absolute Gasteiger partial charge is 0.330 e. The summed E-state index contributed by atoms with van der Waals surface area (Å²) in [5.41, 5.74) is 7.79. The van der Waals surface area contributed by atoms with Gasteiger partial charge in [-0.05, 0) is 47.9 Å².